The second-order valence-electron chi connectivity index (χ2n) is 6.38. The molecule has 0 aromatic rings. The maximum Gasteiger partial charge on any atom is 0.239 e. The third kappa shape index (κ3) is 3.69. The van der Waals surface area contributed by atoms with Crippen LogP contribution in [0.4, 0.5) is 0 Å². The summed E-state index contributed by atoms with van der Waals surface area (Å²) in [6.45, 7) is 8.09. The molecule has 1 heterocycles. The minimum absolute atomic E-state index is 0.190. The van der Waals surface area contributed by atoms with E-state index in [-0.39, 0.29) is 11.9 Å². The van der Waals surface area contributed by atoms with E-state index in [1.54, 1.807) is 0 Å². The molecule has 1 atom stereocenters. The number of piperazine rings is 1. The van der Waals surface area contributed by atoms with E-state index in [2.05, 4.69) is 18.7 Å². The Morgan fingerprint density at radius 3 is 2.16 bits per heavy atom. The predicted molar refractivity (Wildman–Crippen MR) is 77.8 cm³/mol. The van der Waals surface area contributed by atoms with Crippen LogP contribution in [-0.4, -0.2) is 54.0 Å². The summed E-state index contributed by atoms with van der Waals surface area (Å²) in [6, 6.07) is 0.315. The van der Waals surface area contributed by atoms with Crippen LogP contribution in [0.2, 0.25) is 0 Å². The molecule has 1 amide bonds. The quantitative estimate of drug-likeness (QED) is 0.842. The second-order valence-corrected chi connectivity index (χ2v) is 6.38. The van der Waals surface area contributed by atoms with Gasteiger partial charge in [-0.2, -0.15) is 0 Å². The lowest BCUT2D eigenvalue weighted by atomic mass is 9.83. The van der Waals surface area contributed by atoms with E-state index < -0.39 is 0 Å². The van der Waals surface area contributed by atoms with Crippen LogP contribution in [0.5, 0.6) is 0 Å². The van der Waals surface area contributed by atoms with Crippen molar-refractivity contribution in [2.45, 2.75) is 58.0 Å². The van der Waals surface area contributed by atoms with Gasteiger partial charge in [-0.25, -0.2) is 0 Å². The fraction of sp³-hybridized carbons (Fsp3) is 0.933. The fourth-order valence-electron chi connectivity index (χ4n) is 3.36. The third-order valence-electron chi connectivity index (χ3n) is 4.80. The smallest absolute Gasteiger partial charge is 0.239 e. The topological polar surface area (TPSA) is 49.6 Å². The van der Waals surface area contributed by atoms with Crippen LogP contribution in [0.25, 0.3) is 0 Å². The van der Waals surface area contributed by atoms with E-state index in [9.17, 15) is 4.79 Å². The van der Waals surface area contributed by atoms with E-state index in [1.807, 2.05) is 4.90 Å². The van der Waals surface area contributed by atoms with Crippen molar-refractivity contribution in [3.8, 4) is 0 Å². The molecule has 1 saturated carbocycles. The van der Waals surface area contributed by atoms with Crippen molar-refractivity contribution in [2.24, 2.45) is 11.7 Å². The second kappa shape index (κ2) is 6.71. The van der Waals surface area contributed by atoms with Gasteiger partial charge in [0.1, 0.15) is 0 Å². The van der Waals surface area contributed by atoms with Gasteiger partial charge >= 0.3 is 0 Å². The Morgan fingerprint density at radius 1 is 1.05 bits per heavy atom. The molecule has 19 heavy (non-hydrogen) atoms. The van der Waals surface area contributed by atoms with Gasteiger partial charge < -0.3 is 10.6 Å². The molecule has 1 saturated heterocycles. The van der Waals surface area contributed by atoms with Crippen LogP contribution in [0.3, 0.4) is 0 Å². The highest BCUT2D eigenvalue weighted by Crippen LogP contribution is 2.26. The van der Waals surface area contributed by atoms with Crippen molar-refractivity contribution in [2.75, 3.05) is 26.2 Å². The first kappa shape index (κ1) is 14.8. The van der Waals surface area contributed by atoms with E-state index in [1.165, 1.54) is 19.3 Å². The molecule has 4 heteroatoms. The summed E-state index contributed by atoms with van der Waals surface area (Å²) in [7, 11) is 0. The van der Waals surface area contributed by atoms with Crippen LogP contribution < -0.4 is 5.73 Å². The third-order valence-corrected chi connectivity index (χ3v) is 4.80. The molecule has 2 N–H and O–H groups in total. The number of nitrogens with two attached hydrogens (primary N) is 1. The van der Waals surface area contributed by atoms with Crippen molar-refractivity contribution in [3.63, 3.8) is 0 Å². The molecule has 2 fully saturated rings. The maximum atomic E-state index is 12.5. The van der Waals surface area contributed by atoms with E-state index in [0.717, 1.165) is 39.0 Å². The number of hydrogen-bond donors (Lipinski definition) is 1. The van der Waals surface area contributed by atoms with Crippen molar-refractivity contribution >= 4 is 5.91 Å². The summed E-state index contributed by atoms with van der Waals surface area (Å²) in [6.07, 6.45) is 6.07. The molecule has 2 rings (SSSR count). The Kier molecular flexibility index (Phi) is 5.22. The van der Waals surface area contributed by atoms with Gasteiger partial charge in [-0.3, -0.25) is 9.69 Å². The van der Waals surface area contributed by atoms with Gasteiger partial charge in [-0.15, -0.1) is 0 Å². The fourth-order valence-corrected chi connectivity index (χ4v) is 3.36. The average Bonchev–Trinajstić information content (AvgIpc) is 2.46. The first-order valence-corrected chi connectivity index (χ1v) is 7.88. The van der Waals surface area contributed by atoms with Crippen LogP contribution >= 0.6 is 0 Å². The number of carbonyl (C=O) groups is 1. The molecule has 0 bridgehead atoms. The first-order valence-electron chi connectivity index (χ1n) is 7.88. The summed E-state index contributed by atoms with van der Waals surface area (Å²) < 4.78 is 0. The summed E-state index contributed by atoms with van der Waals surface area (Å²) in [5, 5.41) is 0. The van der Waals surface area contributed by atoms with Gasteiger partial charge in [0.05, 0.1) is 6.04 Å². The standard InChI is InChI=1S/C15H29N3O/c1-12(2)17-8-10-18(11-9-17)15(19)14(16)13-6-4-3-5-7-13/h12-14H,3-11,16H2,1-2H3. The molecule has 1 unspecified atom stereocenters. The molecular formula is C15H29N3O. The van der Waals surface area contributed by atoms with Gasteiger partial charge in [0.25, 0.3) is 0 Å². The Balaban J connectivity index is 1.83. The van der Waals surface area contributed by atoms with Crippen LogP contribution in [0.1, 0.15) is 46.0 Å². The van der Waals surface area contributed by atoms with Crippen molar-refractivity contribution in [1.29, 1.82) is 0 Å². The molecule has 1 aliphatic carbocycles. The molecule has 110 valence electrons. The molecule has 0 aromatic carbocycles. The Bertz CT molecular complexity index is 292. The number of rotatable bonds is 3. The molecule has 2 aliphatic rings. The van der Waals surface area contributed by atoms with Gasteiger partial charge in [-0.05, 0) is 32.6 Å². The highest BCUT2D eigenvalue weighted by Gasteiger charge is 2.31. The van der Waals surface area contributed by atoms with E-state index >= 15 is 0 Å². The van der Waals surface area contributed by atoms with Crippen molar-refractivity contribution in [1.82, 2.24) is 9.80 Å². The van der Waals surface area contributed by atoms with Gasteiger partial charge in [0.2, 0.25) is 5.91 Å². The van der Waals surface area contributed by atoms with Gasteiger partial charge in [-0.1, -0.05) is 19.3 Å². The highest BCUT2D eigenvalue weighted by molar-refractivity contribution is 5.82. The molecular weight excluding hydrogens is 238 g/mol. The maximum absolute atomic E-state index is 12.5. The Labute approximate surface area is 117 Å². The van der Waals surface area contributed by atoms with Crippen molar-refractivity contribution in [3.05, 3.63) is 0 Å². The predicted octanol–water partition coefficient (Wildman–Crippen LogP) is 1.45. The van der Waals surface area contributed by atoms with Gasteiger partial charge in [0.15, 0.2) is 0 Å². The average molecular weight is 267 g/mol. The summed E-state index contributed by atoms with van der Waals surface area (Å²) in [4.78, 5) is 16.9. The molecule has 0 radical (unpaired) electrons. The van der Waals surface area contributed by atoms with E-state index in [4.69, 9.17) is 5.73 Å². The monoisotopic (exact) mass is 267 g/mol. The highest BCUT2D eigenvalue weighted by atomic mass is 16.2. The molecule has 1 aliphatic heterocycles. The molecule has 0 spiro atoms. The minimum atomic E-state index is -0.258. The summed E-state index contributed by atoms with van der Waals surface area (Å²) in [5.74, 6) is 0.611. The lowest BCUT2D eigenvalue weighted by Crippen LogP contribution is -2.56. The minimum Gasteiger partial charge on any atom is -0.339 e. The lowest BCUT2D eigenvalue weighted by Gasteiger charge is -2.39. The van der Waals surface area contributed by atoms with Crippen LogP contribution in [0, 0.1) is 5.92 Å². The molecule has 0 aromatic heterocycles. The lowest BCUT2D eigenvalue weighted by molar-refractivity contribution is -0.136. The van der Waals surface area contributed by atoms with Crippen LogP contribution in [-0.2, 0) is 4.79 Å². The Morgan fingerprint density at radius 2 is 1.63 bits per heavy atom. The van der Waals surface area contributed by atoms with Gasteiger partial charge in [0, 0.05) is 32.2 Å². The molecule has 4 nitrogen and oxygen atoms in total. The number of hydrogen-bond acceptors (Lipinski definition) is 3. The summed E-state index contributed by atoms with van der Waals surface area (Å²) in [5.41, 5.74) is 6.21. The van der Waals surface area contributed by atoms with Crippen LogP contribution in [0.15, 0.2) is 0 Å². The SMILES string of the molecule is CC(C)N1CCN(C(=O)C(N)C2CCCCC2)CC1. The van der Waals surface area contributed by atoms with Crippen molar-refractivity contribution < 1.29 is 4.79 Å². The summed E-state index contributed by atoms with van der Waals surface area (Å²) >= 11 is 0. The largest absolute Gasteiger partial charge is 0.339 e. The zero-order chi connectivity index (χ0) is 13.8. The zero-order valence-corrected chi connectivity index (χ0v) is 12.5. The van der Waals surface area contributed by atoms with E-state index in [0.29, 0.717) is 12.0 Å². The first-order chi connectivity index (χ1) is 9.09. The normalized spacial score (nSPS) is 24.7. The zero-order valence-electron chi connectivity index (χ0n) is 12.5. The number of nitrogens with zero attached hydrogens (tertiary/aromatic N) is 2. The Hall–Kier alpha value is -0.610. The number of carbonyl (C=O) groups excluding carboxylic acids is 1. The number of amides is 1.